The van der Waals surface area contributed by atoms with Crippen LogP contribution in [0.3, 0.4) is 0 Å². The highest BCUT2D eigenvalue weighted by Gasteiger charge is 2.21. The summed E-state index contributed by atoms with van der Waals surface area (Å²) in [5.74, 6) is 0.0938. The van der Waals surface area contributed by atoms with Crippen molar-refractivity contribution in [3.63, 3.8) is 0 Å². The van der Waals surface area contributed by atoms with Gasteiger partial charge in [0.05, 0.1) is 23.1 Å². The molecule has 4 rings (SSSR count). The smallest absolute Gasteiger partial charge is 0.255 e. The van der Waals surface area contributed by atoms with Gasteiger partial charge in [-0.3, -0.25) is 4.79 Å². The van der Waals surface area contributed by atoms with Crippen molar-refractivity contribution in [2.24, 2.45) is 0 Å². The molecule has 0 bridgehead atoms. The van der Waals surface area contributed by atoms with Crippen LogP contribution in [0.2, 0.25) is 0 Å². The molecule has 2 heterocycles. The summed E-state index contributed by atoms with van der Waals surface area (Å²) in [6.45, 7) is 8.58. The van der Waals surface area contributed by atoms with Crippen LogP contribution in [-0.2, 0) is 19.6 Å². The second-order valence-corrected chi connectivity index (χ2v) is 7.73. The van der Waals surface area contributed by atoms with Crippen LogP contribution in [-0.4, -0.2) is 15.7 Å². The molecule has 1 aliphatic heterocycles. The third kappa shape index (κ3) is 4.36. The number of aryl methyl sites for hydroxylation is 1. The van der Waals surface area contributed by atoms with Gasteiger partial charge in [-0.05, 0) is 41.7 Å². The van der Waals surface area contributed by atoms with Crippen LogP contribution in [0.1, 0.15) is 58.1 Å². The molecule has 0 radical (unpaired) electrons. The maximum absolute atomic E-state index is 12.9. The molecule has 2 N–H and O–H groups in total. The molecule has 2 aromatic carbocycles. The second kappa shape index (κ2) is 8.80. The molecule has 0 saturated carbocycles. The van der Waals surface area contributed by atoms with E-state index >= 15 is 0 Å². The van der Waals surface area contributed by atoms with Crippen molar-refractivity contribution in [2.75, 3.05) is 0 Å². The largest absolute Gasteiger partial charge is 0.348 e. The summed E-state index contributed by atoms with van der Waals surface area (Å²) in [6, 6.07) is 14.6. The number of aromatic nitrogens is 2. The van der Waals surface area contributed by atoms with E-state index < -0.39 is 0 Å². The van der Waals surface area contributed by atoms with Crippen LogP contribution in [0.5, 0.6) is 0 Å². The summed E-state index contributed by atoms with van der Waals surface area (Å²) in [5, 5.41) is 10.9. The summed E-state index contributed by atoms with van der Waals surface area (Å²) in [7, 11) is 0. The molecule has 1 aliphatic rings. The molecule has 152 valence electrons. The zero-order valence-electron chi connectivity index (χ0n) is 17.0. The van der Waals surface area contributed by atoms with Gasteiger partial charge in [0.1, 0.15) is 0 Å². The Kier molecular flexibility index (Phi) is 6.40. The average molecular weight is 411 g/mol. The highest BCUT2D eigenvalue weighted by molar-refractivity contribution is 5.95. The number of halogens is 1. The van der Waals surface area contributed by atoms with Crippen LogP contribution in [0.4, 0.5) is 0 Å². The SMILES string of the molecule is Cc1ccc(-n2ncc(C(=O)NCc3ccc4c(c3)CNC4)c2C(C)C)cc1.Cl. The van der Waals surface area contributed by atoms with E-state index in [1.54, 1.807) is 6.20 Å². The van der Waals surface area contributed by atoms with Gasteiger partial charge in [0, 0.05) is 19.6 Å². The molecule has 29 heavy (non-hydrogen) atoms. The lowest BCUT2D eigenvalue weighted by Crippen LogP contribution is -2.24. The quantitative estimate of drug-likeness (QED) is 0.660. The molecule has 6 heteroatoms. The lowest BCUT2D eigenvalue weighted by molar-refractivity contribution is 0.0949. The zero-order chi connectivity index (χ0) is 19.7. The van der Waals surface area contributed by atoms with E-state index in [2.05, 4.69) is 66.8 Å². The number of fused-ring (bicyclic) bond motifs is 1. The molecule has 0 saturated heterocycles. The van der Waals surface area contributed by atoms with E-state index in [0.29, 0.717) is 12.1 Å². The van der Waals surface area contributed by atoms with Gasteiger partial charge in [-0.15, -0.1) is 12.4 Å². The molecule has 0 aliphatic carbocycles. The van der Waals surface area contributed by atoms with Crippen molar-refractivity contribution >= 4 is 18.3 Å². The van der Waals surface area contributed by atoms with E-state index in [4.69, 9.17) is 0 Å². The lowest BCUT2D eigenvalue weighted by atomic mass is 10.0. The number of nitrogens with one attached hydrogen (secondary N) is 2. The summed E-state index contributed by atoms with van der Waals surface area (Å²) < 4.78 is 1.88. The van der Waals surface area contributed by atoms with Gasteiger partial charge >= 0.3 is 0 Å². The van der Waals surface area contributed by atoms with E-state index in [9.17, 15) is 4.79 Å². The first-order valence-corrected chi connectivity index (χ1v) is 9.77. The first-order chi connectivity index (χ1) is 13.5. The van der Waals surface area contributed by atoms with Gasteiger partial charge < -0.3 is 10.6 Å². The van der Waals surface area contributed by atoms with Gasteiger partial charge in [0.25, 0.3) is 5.91 Å². The maximum Gasteiger partial charge on any atom is 0.255 e. The van der Waals surface area contributed by atoms with Gasteiger partial charge in [-0.1, -0.05) is 49.7 Å². The molecular weight excluding hydrogens is 384 g/mol. The van der Waals surface area contributed by atoms with Crippen LogP contribution < -0.4 is 10.6 Å². The summed E-state index contributed by atoms with van der Waals surface area (Å²) in [4.78, 5) is 12.9. The minimum Gasteiger partial charge on any atom is -0.348 e. The number of hydrogen-bond acceptors (Lipinski definition) is 3. The Labute approximate surface area is 177 Å². The van der Waals surface area contributed by atoms with E-state index in [-0.39, 0.29) is 24.2 Å². The van der Waals surface area contributed by atoms with Crippen LogP contribution in [0.15, 0.2) is 48.7 Å². The summed E-state index contributed by atoms with van der Waals surface area (Å²) in [5.41, 5.74) is 7.52. The molecule has 0 unspecified atom stereocenters. The number of carbonyl (C=O) groups excluding carboxylic acids is 1. The van der Waals surface area contributed by atoms with E-state index in [1.807, 2.05) is 16.8 Å². The molecular formula is C23H27ClN4O. The first kappa shape index (κ1) is 21.1. The Morgan fingerprint density at radius 3 is 2.59 bits per heavy atom. The molecule has 5 nitrogen and oxygen atoms in total. The minimum atomic E-state index is -0.0827. The standard InChI is InChI=1S/C23H26N4O.ClH/c1-15(2)22-21(14-26-27(22)20-8-4-16(3)5-9-20)23(28)25-11-17-6-7-18-12-24-13-19(18)10-17;/h4-10,14-15,24H,11-13H2,1-3H3,(H,25,28);1H. The fourth-order valence-corrected chi connectivity index (χ4v) is 3.72. The van der Waals surface area contributed by atoms with Gasteiger partial charge in [0.15, 0.2) is 0 Å². The van der Waals surface area contributed by atoms with Crippen molar-refractivity contribution in [1.29, 1.82) is 0 Å². The highest BCUT2D eigenvalue weighted by Crippen LogP contribution is 2.23. The monoisotopic (exact) mass is 410 g/mol. The number of nitrogens with zero attached hydrogens (tertiary/aromatic N) is 2. The number of hydrogen-bond donors (Lipinski definition) is 2. The number of amides is 1. The molecule has 0 atom stereocenters. The molecule has 1 aromatic heterocycles. The fraction of sp³-hybridized carbons (Fsp3) is 0.304. The lowest BCUT2D eigenvalue weighted by Gasteiger charge is -2.13. The third-order valence-corrected chi connectivity index (χ3v) is 5.23. The molecule has 3 aromatic rings. The number of rotatable bonds is 5. The van der Waals surface area contributed by atoms with Crippen molar-refractivity contribution in [3.05, 3.63) is 82.2 Å². The maximum atomic E-state index is 12.9. The minimum absolute atomic E-state index is 0. The van der Waals surface area contributed by atoms with Crippen molar-refractivity contribution < 1.29 is 4.79 Å². The van der Waals surface area contributed by atoms with Gasteiger partial charge in [-0.2, -0.15) is 5.10 Å². The van der Waals surface area contributed by atoms with E-state index in [1.165, 1.54) is 16.7 Å². The van der Waals surface area contributed by atoms with Crippen LogP contribution in [0.25, 0.3) is 5.69 Å². The van der Waals surface area contributed by atoms with Gasteiger partial charge in [0.2, 0.25) is 0 Å². The second-order valence-electron chi connectivity index (χ2n) is 7.73. The predicted octanol–water partition coefficient (Wildman–Crippen LogP) is 4.26. The number of carbonyl (C=O) groups is 1. The van der Waals surface area contributed by atoms with Crippen molar-refractivity contribution in [2.45, 2.75) is 46.3 Å². The first-order valence-electron chi connectivity index (χ1n) is 9.77. The molecule has 0 spiro atoms. The Morgan fingerprint density at radius 1 is 1.14 bits per heavy atom. The molecule has 1 amide bonds. The van der Waals surface area contributed by atoms with Crippen molar-refractivity contribution in [3.8, 4) is 5.69 Å². The summed E-state index contributed by atoms with van der Waals surface area (Å²) >= 11 is 0. The summed E-state index contributed by atoms with van der Waals surface area (Å²) in [6.07, 6.45) is 1.68. The Hall–Kier alpha value is -2.63. The fourth-order valence-electron chi connectivity index (χ4n) is 3.72. The topological polar surface area (TPSA) is 59.0 Å². The van der Waals surface area contributed by atoms with Gasteiger partial charge in [-0.25, -0.2) is 4.68 Å². The van der Waals surface area contributed by atoms with Crippen LogP contribution in [0, 0.1) is 6.92 Å². The average Bonchev–Trinajstić information content (AvgIpc) is 3.33. The number of benzene rings is 2. The predicted molar refractivity (Wildman–Crippen MR) is 118 cm³/mol. The Bertz CT molecular complexity index is 1010. The molecule has 0 fully saturated rings. The normalized spacial score (nSPS) is 12.6. The zero-order valence-corrected chi connectivity index (χ0v) is 17.8. The third-order valence-electron chi connectivity index (χ3n) is 5.23. The Balaban J connectivity index is 0.00000240. The van der Waals surface area contributed by atoms with Crippen LogP contribution >= 0.6 is 12.4 Å². The highest BCUT2D eigenvalue weighted by atomic mass is 35.5. The Morgan fingerprint density at radius 2 is 1.86 bits per heavy atom. The van der Waals surface area contributed by atoms with Crippen molar-refractivity contribution in [1.82, 2.24) is 20.4 Å². The van der Waals surface area contributed by atoms with E-state index in [0.717, 1.165) is 30.0 Å².